The minimum absolute atomic E-state index is 0.105. The van der Waals surface area contributed by atoms with E-state index in [2.05, 4.69) is 23.5 Å². The van der Waals surface area contributed by atoms with Crippen molar-refractivity contribution in [2.24, 2.45) is 0 Å². The monoisotopic (exact) mass is 325 g/mol. The molecule has 126 valence electrons. The zero-order valence-corrected chi connectivity index (χ0v) is 14.0. The second-order valence-electron chi connectivity index (χ2n) is 6.32. The van der Waals surface area contributed by atoms with Crippen LogP contribution in [-0.4, -0.2) is 19.0 Å². The van der Waals surface area contributed by atoms with Gasteiger partial charge in [0.2, 0.25) is 5.91 Å². The van der Waals surface area contributed by atoms with Gasteiger partial charge in [0.1, 0.15) is 12.3 Å². The molecule has 1 amide bonds. The lowest BCUT2D eigenvalue weighted by atomic mass is 10.0. The molecular formula is C20H25N2O2+. The van der Waals surface area contributed by atoms with Gasteiger partial charge in [-0.05, 0) is 43.0 Å². The Labute approximate surface area is 143 Å². The lowest BCUT2D eigenvalue weighted by molar-refractivity contribution is -0.918. The molecule has 0 bridgehead atoms. The van der Waals surface area contributed by atoms with Gasteiger partial charge in [-0.3, -0.25) is 4.79 Å². The van der Waals surface area contributed by atoms with Crippen molar-refractivity contribution in [2.45, 2.75) is 32.4 Å². The molecule has 0 saturated carbocycles. The molecule has 0 unspecified atom stereocenters. The molecule has 2 heterocycles. The van der Waals surface area contributed by atoms with Crippen LogP contribution in [0.1, 0.15) is 36.1 Å². The molecule has 1 aromatic heterocycles. The summed E-state index contributed by atoms with van der Waals surface area (Å²) in [5.74, 6) is 0.575. The summed E-state index contributed by atoms with van der Waals surface area (Å²) in [6, 6.07) is 12.0. The Morgan fingerprint density at radius 3 is 2.62 bits per heavy atom. The molecule has 0 aliphatic carbocycles. The van der Waals surface area contributed by atoms with Gasteiger partial charge in [-0.15, -0.1) is 0 Å². The normalized spacial score (nSPS) is 15.7. The summed E-state index contributed by atoms with van der Waals surface area (Å²) in [6.45, 7) is 4.12. The number of furan rings is 1. The first kappa shape index (κ1) is 16.5. The summed E-state index contributed by atoms with van der Waals surface area (Å²) in [6.07, 6.45) is 8.80. The molecule has 24 heavy (non-hydrogen) atoms. The maximum absolute atomic E-state index is 12.0. The van der Waals surface area contributed by atoms with Crippen molar-refractivity contribution in [1.29, 1.82) is 0 Å². The summed E-state index contributed by atoms with van der Waals surface area (Å²) >= 11 is 0. The van der Waals surface area contributed by atoms with E-state index in [0.29, 0.717) is 12.3 Å². The van der Waals surface area contributed by atoms with E-state index < -0.39 is 0 Å². The molecule has 0 atom stereocenters. The fourth-order valence-corrected chi connectivity index (χ4v) is 3.19. The number of hydrogen-bond acceptors (Lipinski definition) is 2. The highest BCUT2D eigenvalue weighted by Gasteiger charge is 2.15. The largest absolute Gasteiger partial charge is 0.465 e. The lowest BCUT2D eigenvalue weighted by Crippen LogP contribution is -3.11. The van der Waals surface area contributed by atoms with Gasteiger partial charge in [-0.2, -0.15) is 0 Å². The van der Waals surface area contributed by atoms with Crippen molar-refractivity contribution in [3.05, 3.63) is 65.6 Å². The van der Waals surface area contributed by atoms with E-state index in [1.807, 2.05) is 12.1 Å². The van der Waals surface area contributed by atoms with Gasteiger partial charge in [-0.1, -0.05) is 24.3 Å². The number of benzene rings is 1. The Morgan fingerprint density at radius 2 is 1.88 bits per heavy atom. The summed E-state index contributed by atoms with van der Waals surface area (Å²) in [7, 11) is 0. The van der Waals surface area contributed by atoms with Crippen LogP contribution in [0.3, 0.4) is 0 Å². The highest BCUT2D eigenvalue weighted by Crippen LogP contribution is 2.08. The lowest BCUT2D eigenvalue weighted by Gasteiger charge is -2.24. The molecule has 2 N–H and O–H groups in total. The zero-order valence-electron chi connectivity index (χ0n) is 14.0. The van der Waals surface area contributed by atoms with Crippen molar-refractivity contribution in [2.75, 3.05) is 13.1 Å². The van der Waals surface area contributed by atoms with Gasteiger partial charge in [0.05, 0.1) is 19.4 Å². The second-order valence-corrected chi connectivity index (χ2v) is 6.32. The van der Waals surface area contributed by atoms with Crippen LogP contribution < -0.4 is 10.2 Å². The third-order valence-electron chi connectivity index (χ3n) is 4.51. The number of hydrogen-bond donors (Lipinski definition) is 2. The van der Waals surface area contributed by atoms with E-state index in [0.717, 1.165) is 6.54 Å². The zero-order chi connectivity index (χ0) is 16.6. The van der Waals surface area contributed by atoms with Gasteiger partial charge in [0.15, 0.2) is 0 Å². The predicted molar refractivity (Wildman–Crippen MR) is 94.3 cm³/mol. The molecule has 1 fully saturated rings. The van der Waals surface area contributed by atoms with Crippen LogP contribution in [0.4, 0.5) is 0 Å². The first-order chi connectivity index (χ1) is 11.8. The molecule has 1 aliphatic rings. The fraction of sp³-hybridized carbons (Fsp3) is 0.350. The molecule has 0 radical (unpaired) electrons. The Balaban J connectivity index is 1.55. The molecule has 4 heteroatoms. The van der Waals surface area contributed by atoms with E-state index in [1.54, 1.807) is 23.3 Å². The number of carbonyl (C=O) groups excluding carboxylic acids is 1. The highest BCUT2D eigenvalue weighted by molar-refractivity contribution is 5.91. The molecule has 1 aliphatic heterocycles. The average Bonchev–Trinajstić information content (AvgIpc) is 3.14. The molecule has 4 nitrogen and oxygen atoms in total. The number of piperidine rings is 1. The van der Waals surface area contributed by atoms with Crippen LogP contribution >= 0.6 is 0 Å². The molecule has 3 rings (SSSR count). The Morgan fingerprint density at radius 1 is 1.08 bits per heavy atom. The number of likely N-dealkylation sites (tertiary alicyclic amines) is 1. The van der Waals surface area contributed by atoms with Crippen molar-refractivity contribution in [1.82, 2.24) is 5.32 Å². The summed E-state index contributed by atoms with van der Waals surface area (Å²) in [4.78, 5) is 13.6. The van der Waals surface area contributed by atoms with Crippen LogP contribution in [0.25, 0.3) is 6.08 Å². The third-order valence-corrected chi connectivity index (χ3v) is 4.51. The summed E-state index contributed by atoms with van der Waals surface area (Å²) in [5, 5.41) is 2.96. The smallest absolute Gasteiger partial charge is 0.244 e. The Hall–Kier alpha value is -2.33. The van der Waals surface area contributed by atoms with E-state index >= 15 is 0 Å². The summed E-state index contributed by atoms with van der Waals surface area (Å²) in [5.41, 5.74) is 2.54. The third kappa shape index (κ3) is 4.83. The fourth-order valence-electron chi connectivity index (χ4n) is 3.19. The minimum atomic E-state index is -0.105. The van der Waals surface area contributed by atoms with Gasteiger partial charge < -0.3 is 14.6 Å². The maximum atomic E-state index is 12.0. The van der Waals surface area contributed by atoms with E-state index in [1.165, 1.54) is 49.6 Å². The van der Waals surface area contributed by atoms with Crippen molar-refractivity contribution >= 4 is 12.0 Å². The first-order valence-corrected chi connectivity index (χ1v) is 8.71. The van der Waals surface area contributed by atoms with Crippen LogP contribution in [-0.2, 0) is 17.9 Å². The average molecular weight is 325 g/mol. The topological polar surface area (TPSA) is 46.7 Å². The number of rotatable bonds is 6. The molecule has 0 spiro atoms. The van der Waals surface area contributed by atoms with E-state index in [-0.39, 0.29) is 5.91 Å². The molecular weight excluding hydrogens is 300 g/mol. The number of carbonyl (C=O) groups is 1. The summed E-state index contributed by atoms with van der Waals surface area (Å²) < 4.78 is 5.18. The quantitative estimate of drug-likeness (QED) is 0.800. The number of nitrogens with one attached hydrogen (secondary N) is 2. The number of quaternary nitrogens is 1. The van der Waals surface area contributed by atoms with E-state index in [9.17, 15) is 4.79 Å². The van der Waals surface area contributed by atoms with Crippen molar-refractivity contribution < 1.29 is 14.1 Å². The van der Waals surface area contributed by atoms with Crippen LogP contribution in [0.15, 0.2) is 53.2 Å². The van der Waals surface area contributed by atoms with Crippen molar-refractivity contribution in [3.8, 4) is 0 Å². The highest BCUT2D eigenvalue weighted by atomic mass is 16.3. The molecule has 1 aromatic carbocycles. The van der Waals surface area contributed by atoms with E-state index in [4.69, 9.17) is 4.42 Å². The van der Waals surface area contributed by atoms with Gasteiger partial charge in [0, 0.05) is 18.2 Å². The predicted octanol–water partition coefficient (Wildman–Crippen LogP) is 2.18. The SMILES string of the molecule is O=C(/C=C/c1ccco1)NCc1ccccc1C[NH+]1CCCCC1. The number of amides is 1. The van der Waals surface area contributed by atoms with Gasteiger partial charge in [-0.25, -0.2) is 0 Å². The van der Waals surface area contributed by atoms with Crippen LogP contribution in [0.5, 0.6) is 0 Å². The van der Waals surface area contributed by atoms with Gasteiger partial charge >= 0.3 is 0 Å². The van der Waals surface area contributed by atoms with Crippen LogP contribution in [0, 0.1) is 0 Å². The standard InChI is InChI=1S/C20H24N2O2/c23-20(11-10-19-9-6-14-24-19)21-15-17-7-2-3-8-18(17)16-22-12-4-1-5-13-22/h2-3,6-11,14H,1,4-5,12-13,15-16H2,(H,21,23)/p+1/b11-10+. The van der Waals surface area contributed by atoms with Gasteiger partial charge in [0.25, 0.3) is 0 Å². The van der Waals surface area contributed by atoms with Crippen LogP contribution in [0.2, 0.25) is 0 Å². The molecule has 1 saturated heterocycles. The Bertz CT molecular complexity index is 671. The van der Waals surface area contributed by atoms with Crippen molar-refractivity contribution in [3.63, 3.8) is 0 Å². The first-order valence-electron chi connectivity index (χ1n) is 8.71. The maximum Gasteiger partial charge on any atom is 0.244 e. The minimum Gasteiger partial charge on any atom is -0.465 e. The second kappa shape index (κ2) is 8.50. The Kier molecular flexibility index (Phi) is 5.85. The molecule has 2 aromatic rings.